The number of nitrogens with zero attached hydrogens (tertiary/aromatic N) is 4. The number of aryl methyl sites for hydroxylation is 1. The smallest absolute Gasteiger partial charge is 0.225 e. The van der Waals surface area contributed by atoms with E-state index in [0.717, 1.165) is 39.0 Å². The summed E-state index contributed by atoms with van der Waals surface area (Å²) in [6, 6.07) is 3.90. The Kier molecular flexibility index (Phi) is 5.76. The zero-order chi connectivity index (χ0) is 20.8. The van der Waals surface area contributed by atoms with Gasteiger partial charge in [-0.25, -0.2) is 17.7 Å². The molecule has 7 nitrogen and oxygen atoms in total. The number of halogens is 1. The van der Waals surface area contributed by atoms with Crippen molar-refractivity contribution in [2.75, 3.05) is 50.4 Å². The van der Waals surface area contributed by atoms with E-state index in [1.54, 1.807) is 11.3 Å². The van der Waals surface area contributed by atoms with Crippen LogP contribution in [0.15, 0.2) is 12.1 Å². The molecule has 0 aliphatic carbocycles. The Morgan fingerprint density at radius 3 is 2.38 bits per heavy atom. The fourth-order valence-corrected chi connectivity index (χ4v) is 6.28. The van der Waals surface area contributed by atoms with Gasteiger partial charge >= 0.3 is 0 Å². The van der Waals surface area contributed by atoms with E-state index in [1.807, 2.05) is 24.0 Å². The first kappa shape index (κ1) is 20.8. The van der Waals surface area contributed by atoms with E-state index in [1.165, 1.54) is 10.6 Å². The molecule has 10 heteroatoms. The third-order valence-corrected chi connectivity index (χ3v) is 8.70. The summed E-state index contributed by atoms with van der Waals surface area (Å²) in [6.45, 7) is 5.70. The second-order valence-corrected chi connectivity index (χ2v) is 11.2. The fraction of sp³-hybridized carbons (Fsp3) is 0.579. The van der Waals surface area contributed by atoms with Crippen molar-refractivity contribution in [2.24, 2.45) is 5.92 Å². The average molecular weight is 457 g/mol. The molecular weight excluding hydrogens is 432 g/mol. The summed E-state index contributed by atoms with van der Waals surface area (Å²) in [6.07, 6.45) is 2.43. The van der Waals surface area contributed by atoms with Crippen LogP contribution in [0.3, 0.4) is 0 Å². The van der Waals surface area contributed by atoms with Crippen molar-refractivity contribution < 1.29 is 13.2 Å². The van der Waals surface area contributed by atoms with Crippen LogP contribution >= 0.6 is 22.9 Å². The van der Waals surface area contributed by atoms with E-state index >= 15 is 0 Å². The lowest BCUT2D eigenvalue weighted by Crippen LogP contribution is -2.52. The van der Waals surface area contributed by atoms with Crippen molar-refractivity contribution in [1.29, 1.82) is 0 Å². The number of piperidine rings is 1. The molecule has 0 bridgehead atoms. The van der Waals surface area contributed by atoms with E-state index in [-0.39, 0.29) is 11.8 Å². The topological polar surface area (TPSA) is 73.8 Å². The molecule has 158 valence electrons. The summed E-state index contributed by atoms with van der Waals surface area (Å²) in [5.41, 5.74) is 2.06. The number of fused-ring (bicyclic) bond motifs is 1. The van der Waals surface area contributed by atoms with Gasteiger partial charge in [-0.05, 0) is 31.4 Å². The van der Waals surface area contributed by atoms with Crippen molar-refractivity contribution in [2.45, 2.75) is 19.8 Å². The first-order valence-corrected chi connectivity index (χ1v) is 12.8. The standard InChI is InChI=1S/C19H25ClN4O3S2/c1-13-3-4-15(20)17-16(13)21-19(28-17)23-11-9-22(10-12-23)18(25)14-5-7-24(8-6-14)29(2,26)27/h3-4,14H,5-12H2,1-2H3. The van der Waals surface area contributed by atoms with E-state index < -0.39 is 10.0 Å². The number of hydrogen-bond donors (Lipinski definition) is 0. The van der Waals surface area contributed by atoms with Gasteiger partial charge in [-0.15, -0.1) is 0 Å². The molecule has 2 aromatic rings. The highest BCUT2D eigenvalue weighted by Crippen LogP contribution is 2.36. The third-order valence-electron chi connectivity index (χ3n) is 5.82. The number of thiazole rings is 1. The van der Waals surface area contributed by atoms with Crippen molar-refractivity contribution in [3.8, 4) is 0 Å². The summed E-state index contributed by atoms with van der Waals surface area (Å²) >= 11 is 7.93. The molecule has 0 saturated carbocycles. The van der Waals surface area contributed by atoms with Crippen LogP contribution < -0.4 is 4.90 Å². The lowest BCUT2D eigenvalue weighted by Gasteiger charge is -2.38. The summed E-state index contributed by atoms with van der Waals surface area (Å²) in [5, 5.41) is 1.67. The molecule has 2 saturated heterocycles. The Hall–Kier alpha value is -1.42. The molecule has 0 N–H and O–H groups in total. The van der Waals surface area contributed by atoms with Crippen molar-refractivity contribution >= 4 is 54.2 Å². The van der Waals surface area contributed by atoms with E-state index in [2.05, 4.69) is 4.90 Å². The minimum absolute atomic E-state index is 0.0801. The predicted molar refractivity (Wildman–Crippen MR) is 117 cm³/mol. The summed E-state index contributed by atoms with van der Waals surface area (Å²) in [5.74, 6) is 0.0736. The average Bonchev–Trinajstić information content (AvgIpc) is 3.17. The molecule has 1 aromatic carbocycles. The van der Waals surface area contributed by atoms with Crippen LogP contribution in [0.5, 0.6) is 0 Å². The van der Waals surface area contributed by atoms with Crippen LogP contribution in [-0.2, 0) is 14.8 Å². The monoisotopic (exact) mass is 456 g/mol. The molecule has 0 spiro atoms. The maximum atomic E-state index is 12.9. The van der Waals surface area contributed by atoms with Gasteiger partial charge in [0.2, 0.25) is 15.9 Å². The molecule has 1 amide bonds. The van der Waals surface area contributed by atoms with Crippen molar-refractivity contribution in [3.05, 3.63) is 22.7 Å². The molecule has 0 atom stereocenters. The van der Waals surface area contributed by atoms with E-state index in [9.17, 15) is 13.2 Å². The minimum atomic E-state index is -3.17. The van der Waals surface area contributed by atoms with Gasteiger partial charge in [0, 0.05) is 45.2 Å². The van der Waals surface area contributed by atoms with Gasteiger partial charge in [0.05, 0.1) is 21.5 Å². The van der Waals surface area contributed by atoms with Gasteiger partial charge in [0.15, 0.2) is 5.13 Å². The summed E-state index contributed by atoms with van der Waals surface area (Å²) in [7, 11) is -3.17. The molecule has 2 aliphatic rings. The van der Waals surface area contributed by atoms with Gasteiger partial charge in [-0.2, -0.15) is 0 Å². The maximum Gasteiger partial charge on any atom is 0.225 e. The number of amides is 1. The van der Waals surface area contributed by atoms with E-state index in [4.69, 9.17) is 16.6 Å². The molecule has 1 aromatic heterocycles. The van der Waals surface area contributed by atoms with Crippen molar-refractivity contribution in [1.82, 2.24) is 14.2 Å². The molecule has 4 rings (SSSR count). The van der Waals surface area contributed by atoms with Crippen LogP contribution in [0.25, 0.3) is 10.2 Å². The molecule has 2 aliphatic heterocycles. The third kappa shape index (κ3) is 4.23. The number of anilines is 1. The van der Waals surface area contributed by atoms with E-state index in [0.29, 0.717) is 39.0 Å². The van der Waals surface area contributed by atoms with Crippen LogP contribution in [0.1, 0.15) is 18.4 Å². The molecule has 3 heterocycles. The number of carbonyl (C=O) groups excluding carboxylic acids is 1. The maximum absolute atomic E-state index is 12.9. The number of aromatic nitrogens is 1. The fourth-order valence-electron chi connectivity index (χ4n) is 4.04. The lowest BCUT2D eigenvalue weighted by molar-refractivity contribution is -0.137. The highest BCUT2D eigenvalue weighted by atomic mass is 35.5. The molecule has 0 unspecified atom stereocenters. The van der Waals surface area contributed by atoms with Gasteiger partial charge in [-0.3, -0.25) is 4.79 Å². The second-order valence-electron chi connectivity index (χ2n) is 7.79. The largest absolute Gasteiger partial charge is 0.345 e. The first-order valence-electron chi connectivity index (χ1n) is 9.78. The van der Waals surface area contributed by atoms with Gasteiger partial charge in [0.1, 0.15) is 0 Å². The number of carbonyl (C=O) groups is 1. The second kappa shape index (κ2) is 8.02. The van der Waals surface area contributed by atoms with Gasteiger partial charge in [-0.1, -0.05) is 29.0 Å². The number of sulfonamides is 1. The lowest BCUT2D eigenvalue weighted by atomic mass is 9.96. The van der Waals surface area contributed by atoms with Crippen LogP contribution in [0, 0.1) is 12.8 Å². The zero-order valence-corrected chi connectivity index (χ0v) is 19.0. The van der Waals surface area contributed by atoms with Crippen LogP contribution in [0.4, 0.5) is 5.13 Å². The Bertz CT molecular complexity index is 984. The Morgan fingerprint density at radius 1 is 1.14 bits per heavy atom. The normalized spacial score (nSPS) is 19.8. The van der Waals surface area contributed by atoms with Gasteiger partial charge in [0.25, 0.3) is 0 Å². The Balaban J connectivity index is 1.37. The molecular formula is C19H25ClN4O3S2. The SMILES string of the molecule is Cc1ccc(Cl)c2sc(N3CCN(C(=O)C4CCN(S(C)(=O)=O)CC4)CC3)nc12. The Morgan fingerprint density at radius 2 is 1.79 bits per heavy atom. The number of benzene rings is 1. The highest BCUT2D eigenvalue weighted by Gasteiger charge is 2.33. The zero-order valence-electron chi connectivity index (χ0n) is 16.6. The number of piperazine rings is 1. The first-order chi connectivity index (χ1) is 13.7. The Labute approximate surface area is 180 Å². The molecule has 29 heavy (non-hydrogen) atoms. The highest BCUT2D eigenvalue weighted by molar-refractivity contribution is 7.88. The van der Waals surface area contributed by atoms with Gasteiger partial charge < -0.3 is 9.80 Å². The quantitative estimate of drug-likeness (QED) is 0.709. The number of rotatable bonds is 3. The van der Waals surface area contributed by atoms with Crippen LogP contribution in [-0.4, -0.2) is 74.0 Å². The molecule has 0 radical (unpaired) electrons. The minimum Gasteiger partial charge on any atom is -0.345 e. The molecule has 2 fully saturated rings. The van der Waals surface area contributed by atoms with Crippen LogP contribution in [0.2, 0.25) is 5.02 Å². The summed E-state index contributed by atoms with van der Waals surface area (Å²) in [4.78, 5) is 21.8. The predicted octanol–water partition coefficient (Wildman–Crippen LogP) is 2.58. The van der Waals surface area contributed by atoms with Crippen molar-refractivity contribution in [3.63, 3.8) is 0 Å². The summed E-state index contributed by atoms with van der Waals surface area (Å²) < 4.78 is 25.8. The number of hydrogen-bond acceptors (Lipinski definition) is 6.